The molecule has 228 valence electrons. The number of aromatic nitrogens is 6. The highest BCUT2D eigenvalue weighted by Crippen LogP contribution is 2.37. The van der Waals surface area contributed by atoms with E-state index in [-0.39, 0.29) is 48.4 Å². The zero-order valence-corrected chi connectivity index (χ0v) is 25.5. The summed E-state index contributed by atoms with van der Waals surface area (Å²) in [6.45, 7) is 10.7. The lowest BCUT2D eigenvalue weighted by atomic mass is 10.0. The minimum atomic E-state index is -0.386. The van der Waals surface area contributed by atoms with Crippen LogP contribution in [0, 0.1) is 0 Å². The van der Waals surface area contributed by atoms with Gasteiger partial charge in [-0.05, 0) is 73.1 Å². The summed E-state index contributed by atoms with van der Waals surface area (Å²) in [6.07, 6.45) is 8.01. The van der Waals surface area contributed by atoms with Gasteiger partial charge in [0.1, 0.15) is 24.5 Å². The zero-order chi connectivity index (χ0) is 30.0. The number of imidazole rings is 1. The van der Waals surface area contributed by atoms with Crippen molar-refractivity contribution in [2.24, 2.45) is 0 Å². The van der Waals surface area contributed by atoms with E-state index in [2.05, 4.69) is 25.6 Å². The molecule has 13 heteroatoms. The molecule has 3 atom stereocenters. The van der Waals surface area contributed by atoms with Gasteiger partial charge in [0, 0.05) is 31.7 Å². The number of anilines is 2. The molecule has 2 N–H and O–H groups in total. The number of amides is 2. The molecule has 0 radical (unpaired) electrons. The number of ether oxygens (including phenoxy) is 2. The van der Waals surface area contributed by atoms with E-state index in [0.29, 0.717) is 29.2 Å². The molecule has 3 aromatic heterocycles. The number of nitrogens with zero attached hydrogens (tertiary/aromatic N) is 7. The number of hydrogen-bond donors (Lipinski definition) is 2. The predicted octanol–water partition coefficient (Wildman–Crippen LogP) is 4.32. The Labute approximate surface area is 246 Å². The summed E-state index contributed by atoms with van der Waals surface area (Å²) < 4.78 is 15.3. The maximum absolute atomic E-state index is 13.3. The lowest BCUT2D eigenvalue weighted by molar-refractivity contribution is -0.115. The molecule has 5 rings (SSSR count). The smallest absolute Gasteiger partial charge is 0.407 e. The fourth-order valence-corrected chi connectivity index (χ4v) is 5.68. The summed E-state index contributed by atoms with van der Waals surface area (Å²) in [5.74, 6) is 1.15. The molecule has 0 aromatic carbocycles. The van der Waals surface area contributed by atoms with Crippen molar-refractivity contribution in [1.29, 1.82) is 0 Å². The van der Waals surface area contributed by atoms with Crippen molar-refractivity contribution in [2.45, 2.75) is 103 Å². The van der Waals surface area contributed by atoms with Crippen molar-refractivity contribution < 1.29 is 19.1 Å². The largest absolute Gasteiger partial charge is 0.446 e. The third kappa shape index (κ3) is 6.66. The van der Waals surface area contributed by atoms with Crippen LogP contribution in [0.2, 0.25) is 0 Å². The van der Waals surface area contributed by atoms with Crippen LogP contribution >= 0.6 is 0 Å². The van der Waals surface area contributed by atoms with Crippen LogP contribution < -0.4 is 15.5 Å². The summed E-state index contributed by atoms with van der Waals surface area (Å²) in [6, 6.07) is 1.97. The van der Waals surface area contributed by atoms with E-state index < -0.39 is 0 Å². The molecule has 2 aliphatic rings. The lowest BCUT2D eigenvalue weighted by Crippen LogP contribution is -2.33. The average molecular weight is 582 g/mol. The molecule has 2 fully saturated rings. The monoisotopic (exact) mass is 581 g/mol. The summed E-state index contributed by atoms with van der Waals surface area (Å²) in [7, 11) is 1.82. The van der Waals surface area contributed by atoms with Gasteiger partial charge in [-0.2, -0.15) is 5.10 Å². The van der Waals surface area contributed by atoms with Crippen LogP contribution in [0.1, 0.15) is 91.0 Å². The van der Waals surface area contributed by atoms with Gasteiger partial charge in [0.05, 0.1) is 24.1 Å². The first kappa shape index (κ1) is 29.7. The van der Waals surface area contributed by atoms with E-state index in [4.69, 9.17) is 14.6 Å². The van der Waals surface area contributed by atoms with Crippen LogP contribution in [0.25, 0.3) is 11.2 Å². The van der Waals surface area contributed by atoms with E-state index in [0.717, 1.165) is 44.4 Å². The Balaban J connectivity index is 1.27. The van der Waals surface area contributed by atoms with Gasteiger partial charge < -0.3 is 25.0 Å². The van der Waals surface area contributed by atoms with Crippen LogP contribution in [-0.4, -0.2) is 73.6 Å². The SMILES string of the molecule is CC(C)NC(=O)O[C@@H]1CC[C@H](c2cc(NC(=O)CN(C)c3ncnc4c3ncn4C3CCCCO3)n(C(C)(C)C)n2)C1. The van der Waals surface area contributed by atoms with Crippen molar-refractivity contribution in [2.75, 3.05) is 30.4 Å². The number of carbonyl (C=O) groups is 2. The maximum Gasteiger partial charge on any atom is 0.407 e. The molecule has 42 heavy (non-hydrogen) atoms. The Morgan fingerprint density at radius 3 is 2.69 bits per heavy atom. The second kappa shape index (κ2) is 12.2. The molecular weight excluding hydrogens is 538 g/mol. The average Bonchev–Trinajstić information content (AvgIpc) is 3.66. The van der Waals surface area contributed by atoms with Gasteiger partial charge in [0.25, 0.3) is 0 Å². The fraction of sp³-hybridized carbons (Fsp3) is 0.655. The highest BCUT2D eigenvalue weighted by Gasteiger charge is 2.32. The Kier molecular flexibility index (Phi) is 8.67. The van der Waals surface area contributed by atoms with Crippen LogP contribution in [0.15, 0.2) is 18.7 Å². The number of hydrogen-bond acceptors (Lipinski definition) is 9. The molecule has 1 saturated heterocycles. The third-order valence-corrected chi connectivity index (χ3v) is 7.66. The van der Waals surface area contributed by atoms with Crippen molar-refractivity contribution in [1.82, 2.24) is 34.6 Å². The summed E-state index contributed by atoms with van der Waals surface area (Å²) >= 11 is 0. The molecule has 0 bridgehead atoms. The van der Waals surface area contributed by atoms with Gasteiger partial charge in [0.2, 0.25) is 5.91 Å². The molecular formula is C29H43N9O4. The van der Waals surface area contributed by atoms with Gasteiger partial charge in [-0.25, -0.2) is 24.4 Å². The predicted molar refractivity (Wildman–Crippen MR) is 158 cm³/mol. The minimum Gasteiger partial charge on any atom is -0.446 e. The number of nitrogens with one attached hydrogen (secondary N) is 2. The van der Waals surface area contributed by atoms with Crippen LogP contribution in [0.5, 0.6) is 0 Å². The standard InChI is InChI=1S/C29H43N9O4/c1-18(2)33-28(40)42-20-11-10-19(13-20)21-14-22(38(35-21)29(3,4)5)34-23(39)15-36(6)26-25-27(31-16-30-26)37(17-32-25)24-9-7-8-12-41-24/h14,16-20,24H,7-13,15H2,1-6H3,(H,33,40)(H,34,39)/t19-,20+,24?/m0/s1. The fourth-order valence-electron chi connectivity index (χ4n) is 5.68. The van der Waals surface area contributed by atoms with Gasteiger partial charge in [0.15, 0.2) is 17.0 Å². The zero-order valence-electron chi connectivity index (χ0n) is 25.5. The number of likely N-dealkylation sites (N-methyl/N-ethyl adjacent to an activating group) is 1. The molecule has 1 aliphatic carbocycles. The van der Waals surface area contributed by atoms with Crippen LogP contribution in [0.3, 0.4) is 0 Å². The first-order valence-corrected chi connectivity index (χ1v) is 14.9. The third-order valence-electron chi connectivity index (χ3n) is 7.66. The first-order valence-electron chi connectivity index (χ1n) is 14.9. The van der Waals surface area contributed by atoms with Gasteiger partial charge in [-0.1, -0.05) is 0 Å². The van der Waals surface area contributed by atoms with E-state index in [9.17, 15) is 9.59 Å². The summed E-state index contributed by atoms with van der Waals surface area (Å²) in [5.41, 5.74) is 1.85. The number of rotatable bonds is 8. The molecule has 2 amide bonds. The molecule has 1 aliphatic heterocycles. The molecule has 13 nitrogen and oxygen atoms in total. The molecule has 0 spiro atoms. The highest BCUT2D eigenvalue weighted by atomic mass is 16.6. The van der Waals surface area contributed by atoms with E-state index >= 15 is 0 Å². The Morgan fingerprint density at radius 2 is 1.98 bits per heavy atom. The van der Waals surface area contributed by atoms with E-state index in [1.165, 1.54) is 6.33 Å². The number of alkyl carbamates (subject to hydrolysis) is 1. The minimum absolute atomic E-state index is 0.0243. The summed E-state index contributed by atoms with van der Waals surface area (Å²) in [4.78, 5) is 40.6. The first-order chi connectivity index (χ1) is 20.0. The normalized spacial score (nSPS) is 21.1. The van der Waals surface area contributed by atoms with E-state index in [1.54, 1.807) is 11.2 Å². The van der Waals surface area contributed by atoms with Crippen LogP contribution in [0.4, 0.5) is 16.4 Å². The molecule has 1 saturated carbocycles. The Morgan fingerprint density at radius 1 is 1.17 bits per heavy atom. The lowest BCUT2D eigenvalue weighted by Gasteiger charge is -2.24. The number of carbonyl (C=O) groups excluding carboxylic acids is 2. The second-order valence-electron chi connectivity index (χ2n) is 12.6. The van der Waals surface area contributed by atoms with Gasteiger partial charge >= 0.3 is 6.09 Å². The van der Waals surface area contributed by atoms with Crippen molar-refractivity contribution >= 4 is 34.8 Å². The topological polar surface area (TPSA) is 141 Å². The van der Waals surface area contributed by atoms with Crippen molar-refractivity contribution in [3.8, 4) is 0 Å². The second-order valence-corrected chi connectivity index (χ2v) is 12.6. The van der Waals surface area contributed by atoms with E-state index in [1.807, 2.05) is 57.0 Å². The van der Waals surface area contributed by atoms with Gasteiger partial charge in [-0.3, -0.25) is 9.36 Å². The molecule has 3 aromatic rings. The Hall–Kier alpha value is -3.74. The number of fused-ring (bicyclic) bond motifs is 1. The van der Waals surface area contributed by atoms with Gasteiger partial charge in [-0.15, -0.1) is 0 Å². The highest BCUT2D eigenvalue weighted by molar-refractivity contribution is 5.94. The quantitative estimate of drug-likeness (QED) is 0.398. The van der Waals surface area contributed by atoms with Crippen LogP contribution in [-0.2, 0) is 19.8 Å². The Bertz CT molecular complexity index is 1400. The maximum atomic E-state index is 13.3. The molecule has 4 heterocycles. The molecule has 1 unspecified atom stereocenters. The summed E-state index contributed by atoms with van der Waals surface area (Å²) in [5, 5.41) is 10.7. The van der Waals surface area contributed by atoms with Crippen molar-refractivity contribution in [3.05, 3.63) is 24.4 Å². The van der Waals surface area contributed by atoms with Crippen molar-refractivity contribution in [3.63, 3.8) is 0 Å².